The third kappa shape index (κ3) is 13.1. The van der Waals surface area contributed by atoms with Gasteiger partial charge >= 0.3 is 11.4 Å². The molecule has 2 N–H and O–H groups in total. The van der Waals surface area contributed by atoms with E-state index in [9.17, 15) is 9.00 Å². The summed E-state index contributed by atoms with van der Waals surface area (Å²) >= 11 is -2.31. The SMILES string of the molecule is CCCCCCCCCCCC(=O)C(COS(=O)O)NC. The average Bonchev–Trinajstić information content (AvgIpc) is 2.46. The van der Waals surface area contributed by atoms with Gasteiger partial charge in [-0.1, -0.05) is 58.3 Å². The van der Waals surface area contributed by atoms with Gasteiger partial charge in [0, 0.05) is 6.42 Å². The molecular formula is C15H31NO4S. The van der Waals surface area contributed by atoms with Crippen LogP contribution in [0.2, 0.25) is 0 Å². The van der Waals surface area contributed by atoms with Gasteiger partial charge in [0.1, 0.15) is 0 Å². The topological polar surface area (TPSA) is 75.6 Å². The van der Waals surface area contributed by atoms with E-state index >= 15 is 0 Å². The number of carbonyl (C=O) groups is 1. The van der Waals surface area contributed by atoms with Crippen molar-refractivity contribution in [1.29, 1.82) is 0 Å². The van der Waals surface area contributed by atoms with Gasteiger partial charge in [0.2, 0.25) is 0 Å². The zero-order chi connectivity index (χ0) is 15.9. The maximum Gasteiger partial charge on any atom is 0.301 e. The van der Waals surface area contributed by atoms with E-state index in [1.165, 1.54) is 44.9 Å². The van der Waals surface area contributed by atoms with Crippen LogP contribution in [0.3, 0.4) is 0 Å². The first-order valence-electron chi connectivity index (χ1n) is 8.05. The van der Waals surface area contributed by atoms with Crippen molar-refractivity contribution < 1.29 is 17.7 Å². The number of hydrogen-bond donors (Lipinski definition) is 2. The summed E-state index contributed by atoms with van der Waals surface area (Å²) in [5.74, 6) is 0.0471. The molecule has 0 aromatic carbocycles. The summed E-state index contributed by atoms with van der Waals surface area (Å²) in [5, 5.41) is 2.82. The van der Waals surface area contributed by atoms with Crippen molar-refractivity contribution in [3.8, 4) is 0 Å². The van der Waals surface area contributed by atoms with E-state index in [2.05, 4.69) is 16.4 Å². The minimum Gasteiger partial charge on any atom is -0.309 e. The van der Waals surface area contributed by atoms with E-state index in [1.54, 1.807) is 7.05 Å². The molecule has 0 radical (unpaired) electrons. The molecule has 0 fully saturated rings. The van der Waals surface area contributed by atoms with Gasteiger partial charge in [0.25, 0.3) is 0 Å². The fourth-order valence-corrected chi connectivity index (χ4v) is 2.50. The van der Waals surface area contributed by atoms with Crippen molar-refractivity contribution in [2.75, 3.05) is 13.7 Å². The standard InChI is InChI=1S/C15H31NO4S/c1-3-4-5-6-7-8-9-10-11-12-15(17)14(16-2)13-20-21(18)19/h14,16H,3-13H2,1-2H3,(H,18,19). The number of rotatable bonds is 15. The highest BCUT2D eigenvalue weighted by Crippen LogP contribution is 2.11. The molecule has 0 saturated heterocycles. The first-order valence-corrected chi connectivity index (χ1v) is 9.09. The van der Waals surface area contributed by atoms with Crippen LogP contribution in [0.4, 0.5) is 0 Å². The summed E-state index contributed by atoms with van der Waals surface area (Å²) in [5.41, 5.74) is 0. The molecular weight excluding hydrogens is 290 g/mol. The molecule has 0 amide bonds. The van der Waals surface area contributed by atoms with Crippen molar-refractivity contribution in [1.82, 2.24) is 5.32 Å². The molecule has 2 atom stereocenters. The van der Waals surface area contributed by atoms with Gasteiger partial charge in [0.05, 0.1) is 12.6 Å². The van der Waals surface area contributed by atoms with Crippen LogP contribution in [0.15, 0.2) is 0 Å². The van der Waals surface area contributed by atoms with Crippen molar-refractivity contribution >= 4 is 17.1 Å². The van der Waals surface area contributed by atoms with Crippen LogP contribution in [0.25, 0.3) is 0 Å². The number of nitrogens with one attached hydrogen (secondary N) is 1. The molecule has 0 aromatic rings. The summed E-state index contributed by atoms with van der Waals surface area (Å²) in [4.78, 5) is 11.9. The third-order valence-corrected chi connectivity index (χ3v) is 3.94. The second-order valence-electron chi connectivity index (χ2n) is 5.39. The normalized spacial score (nSPS) is 14.0. The highest BCUT2D eigenvalue weighted by atomic mass is 32.2. The first-order chi connectivity index (χ1) is 10.1. The van der Waals surface area contributed by atoms with Crippen LogP contribution >= 0.6 is 0 Å². The van der Waals surface area contributed by atoms with Crippen molar-refractivity contribution in [3.05, 3.63) is 0 Å². The molecule has 0 saturated carbocycles. The molecule has 6 heteroatoms. The van der Waals surface area contributed by atoms with Crippen LogP contribution in [-0.2, 0) is 20.3 Å². The second kappa shape index (κ2) is 14.6. The Morgan fingerprint density at radius 1 is 1.10 bits per heavy atom. The van der Waals surface area contributed by atoms with Gasteiger partial charge in [-0.2, -0.15) is 4.21 Å². The fourth-order valence-electron chi connectivity index (χ4n) is 2.25. The maximum atomic E-state index is 11.9. The maximum absolute atomic E-state index is 11.9. The molecule has 0 bridgehead atoms. The average molecular weight is 321 g/mol. The number of carbonyl (C=O) groups excluding carboxylic acids is 1. The molecule has 0 spiro atoms. The largest absolute Gasteiger partial charge is 0.309 e. The molecule has 0 rings (SSSR count). The Hall–Kier alpha value is -0.300. The van der Waals surface area contributed by atoms with Crippen molar-refractivity contribution in [3.63, 3.8) is 0 Å². The Morgan fingerprint density at radius 2 is 1.62 bits per heavy atom. The Bertz CT molecular complexity index is 287. The molecule has 126 valence electrons. The van der Waals surface area contributed by atoms with Crippen LogP contribution in [0, 0.1) is 0 Å². The zero-order valence-electron chi connectivity index (χ0n) is 13.4. The predicted molar refractivity (Wildman–Crippen MR) is 86.4 cm³/mol. The van der Waals surface area contributed by atoms with Gasteiger partial charge in [0.15, 0.2) is 5.78 Å². The lowest BCUT2D eigenvalue weighted by Gasteiger charge is -2.13. The Kier molecular flexibility index (Phi) is 14.4. The molecule has 2 unspecified atom stereocenters. The monoisotopic (exact) mass is 321 g/mol. The van der Waals surface area contributed by atoms with Gasteiger partial charge in [-0.05, 0) is 13.5 Å². The van der Waals surface area contributed by atoms with E-state index in [1.807, 2.05) is 0 Å². The Balaban J connectivity index is 3.52. The fraction of sp³-hybridized carbons (Fsp3) is 0.933. The van der Waals surface area contributed by atoms with Gasteiger partial charge in [-0.15, -0.1) is 0 Å². The van der Waals surface area contributed by atoms with Crippen molar-refractivity contribution in [2.24, 2.45) is 0 Å². The quantitative estimate of drug-likeness (QED) is 0.358. The van der Waals surface area contributed by atoms with Crippen LogP contribution in [0.5, 0.6) is 0 Å². The molecule has 0 heterocycles. The van der Waals surface area contributed by atoms with E-state index in [4.69, 9.17) is 4.55 Å². The summed E-state index contributed by atoms with van der Waals surface area (Å²) in [6.45, 7) is 2.16. The third-order valence-electron chi connectivity index (χ3n) is 3.60. The lowest BCUT2D eigenvalue weighted by Crippen LogP contribution is -2.38. The van der Waals surface area contributed by atoms with Crippen LogP contribution < -0.4 is 5.32 Å². The summed E-state index contributed by atoms with van der Waals surface area (Å²) in [7, 11) is 1.66. The molecule has 0 aliphatic rings. The van der Waals surface area contributed by atoms with E-state index in [-0.39, 0.29) is 12.4 Å². The molecule has 5 nitrogen and oxygen atoms in total. The van der Waals surface area contributed by atoms with Gasteiger partial charge in [-0.25, -0.2) is 0 Å². The number of Topliss-reactive ketones (excluding diaryl/α,β-unsaturated/α-hetero) is 1. The first kappa shape index (κ1) is 20.7. The van der Waals surface area contributed by atoms with Crippen LogP contribution in [-0.4, -0.2) is 34.2 Å². The van der Waals surface area contributed by atoms with E-state index in [0.717, 1.165) is 12.8 Å². The van der Waals surface area contributed by atoms with Gasteiger partial charge in [-0.3, -0.25) is 13.5 Å². The number of unbranched alkanes of at least 4 members (excludes halogenated alkanes) is 8. The Labute approximate surface area is 131 Å². The number of ketones is 1. The zero-order valence-corrected chi connectivity index (χ0v) is 14.3. The van der Waals surface area contributed by atoms with Gasteiger partial charge < -0.3 is 5.32 Å². The molecule has 0 aromatic heterocycles. The smallest absolute Gasteiger partial charge is 0.301 e. The number of likely N-dealkylation sites (N-methyl/N-ethyl adjacent to an activating group) is 1. The molecule has 21 heavy (non-hydrogen) atoms. The summed E-state index contributed by atoms with van der Waals surface area (Å²) in [6, 6.07) is -0.491. The molecule has 0 aliphatic carbocycles. The lowest BCUT2D eigenvalue weighted by atomic mass is 10.0. The highest BCUT2D eigenvalue weighted by molar-refractivity contribution is 7.74. The predicted octanol–water partition coefficient (Wildman–Crippen LogP) is 3.22. The number of hydrogen-bond acceptors (Lipinski definition) is 4. The van der Waals surface area contributed by atoms with Crippen molar-refractivity contribution in [2.45, 2.75) is 77.2 Å². The van der Waals surface area contributed by atoms with Crippen LogP contribution in [0.1, 0.15) is 71.1 Å². The second-order valence-corrected chi connectivity index (χ2v) is 6.06. The minimum absolute atomic E-state index is 0.0471. The Morgan fingerprint density at radius 3 is 2.10 bits per heavy atom. The minimum atomic E-state index is -2.31. The highest BCUT2D eigenvalue weighted by Gasteiger charge is 2.16. The lowest BCUT2D eigenvalue weighted by molar-refractivity contribution is -0.121. The molecule has 0 aliphatic heterocycles. The summed E-state index contributed by atoms with van der Waals surface area (Å²) < 4.78 is 23.5. The van der Waals surface area contributed by atoms with E-state index < -0.39 is 17.4 Å². The van der Waals surface area contributed by atoms with E-state index in [0.29, 0.717) is 6.42 Å². The summed E-state index contributed by atoms with van der Waals surface area (Å²) in [6.07, 6.45) is 11.5.